The third-order valence-corrected chi connectivity index (χ3v) is 2.30. The molecule has 1 aliphatic heterocycles. The second kappa shape index (κ2) is 5.07. The van der Waals surface area contributed by atoms with E-state index >= 15 is 0 Å². The number of likely N-dealkylation sites (tertiary alicyclic amines) is 1. The highest BCUT2D eigenvalue weighted by Crippen LogP contribution is 2.15. The minimum atomic E-state index is -0.166. The third-order valence-electron chi connectivity index (χ3n) is 2.30. The van der Waals surface area contributed by atoms with Gasteiger partial charge in [-0.1, -0.05) is 0 Å². The molecule has 1 rings (SSSR count). The molecule has 1 saturated heterocycles. The summed E-state index contributed by atoms with van der Waals surface area (Å²) in [4.78, 5) is 13.1. The largest absolute Gasteiger partial charge is 0.450 e. The molecule has 1 N–H and O–H groups in total. The SMILES string of the molecule is CCOC(=O)N1CCC(CNC)C1. The number of rotatable bonds is 3. The van der Waals surface area contributed by atoms with Gasteiger partial charge in [-0.3, -0.25) is 0 Å². The molecule has 0 aromatic rings. The van der Waals surface area contributed by atoms with Crippen molar-refractivity contribution in [2.75, 3.05) is 33.3 Å². The first kappa shape index (κ1) is 10.3. The Labute approximate surface area is 79.2 Å². The molecule has 0 aliphatic carbocycles. The average Bonchev–Trinajstić information content (AvgIpc) is 2.54. The predicted octanol–water partition coefficient (Wildman–Crippen LogP) is 0.684. The second-order valence-corrected chi connectivity index (χ2v) is 3.36. The van der Waals surface area contributed by atoms with Gasteiger partial charge in [0.1, 0.15) is 0 Å². The van der Waals surface area contributed by atoms with Crippen LogP contribution < -0.4 is 5.32 Å². The van der Waals surface area contributed by atoms with Crippen LogP contribution in [-0.4, -0.2) is 44.3 Å². The van der Waals surface area contributed by atoms with Crippen LogP contribution in [0.2, 0.25) is 0 Å². The molecular weight excluding hydrogens is 168 g/mol. The Morgan fingerprint density at radius 2 is 2.46 bits per heavy atom. The van der Waals surface area contributed by atoms with E-state index in [0.717, 1.165) is 26.1 Å². The van der Waals surface area contributed by atoms with Gasteiger partial charge in [-0.2, -0.15) is 0 Å². The number of carbonyl (C=O) groups is 1. The van der Waals surface area contributed by atoms with Crippen molar-refractivity contribution < 1.29 is 9.53 Å². The van der Waals surface area contributed by atoms with Crippen LogP contribution in [0.1, 0.15) is 13.3 Å². The molecule has 0 bridgehead atoms. The summed E-state index contributed by atoms with van der Waals surface area (Å²) >= 11 is 0. The lowest BCUT2D eigenvalue weighted by Crippen LogP contribution is -2.30. The van der Waals surface area contributed by atoms with Gasteiger partial charge >= 0.3 is 6.09 Å². The van der Waals surface area contributed by atoms with E-state index in [0.29, 0.717) is 12.5 Å². The standard InChI is InChI=1S/C9H18N2O2/c1-3-13-9(12)11-5-4-8(7-11)6-10-2/h8,10H,3-7H2,1-2H3. The van der Waals surface area contributed by atoms with E-state index in [4.69, 9.17) is 4.74 Å². The maximum absolute atomic E-state index is 11.3. The van der Waals surface area contributed by atoms with Crippen molar-refractivity contribution in [3.8, 4) is 0 Å². The summed E-state index contributed by atoms with van der Waals surface area (Å²) in [5.41, 5.74) is 0. The lowest BCUT2D eigenvalue weighted by molar-refractivity contribution is 0.114. The smallest absolute Gasteiger partial charge is 0.409 e. The molecule has 0 aromatic heterocycles. The first-order valence-corrected chi connectivity index (χ1v) is 4.84. The molecule has 76 valence electrons. The number of carbonyl (C=O) groups excluding carboxylic acids is 1. The number of nitrogens with zero attached hydrogens (tertiary/aromatic N) is 1. The van der Waals surface area contributed by atoms with Gasteiger partial charge in [0, 0.05) is 13.1 Å². The number of ether oxygens (including phenoxy) is 1. The maximum Gasteiger partial charge on any atom is 0.409 e. The maximum atomic E-state index is 11.3. The van der Waals surface area contributed by atoms with Crippen molar-refractivity contribution in [3.63, 3.8) is 0 Å². The zero-order valence-corrected chi connectivity index (χ0v) is 8.38. The molecule has 13 heavy (non-hydrogen) atoms. The Morgan fingerprint density at radius 3 is 3.08 bits per heavy atom. The first-order chi connectivity index (χ1) is 6.27. The number of hydrogen-bond acceptors (Lipinski definition) is 3. The van der Waals surface area contributed by atoms with Gasteiger partial charge in [-0.15, -0.1) is 0 Å². The van der Waals surface area contributed by atoms with Crippen molar-refractivity contribution in [3.05, 3.63) is 0 Å². The summed E-state index contributed by atoms with van der Waals surface area (Å²) in [5.74, 6) is 0.592. The normalized spacial score (nSPS) is 22.0. The van der Waals surface area contributed by atoms with Gasteiger partial charge in [-0.25, -0.2) is 4.79 Å². The van der Waals surface area contributed by atoms with Crippen LogP contribution >= 0.6 is 0 Å². The molecule has 4 nitrogen and oxygen atoms in total. The molecule has 1 atom stereocenters. The Morgan fingerprint density at radius 1 is 1.69 bits per heavy atom. The van der Waals surface area contributed by atoms with E-state index < -0.39 is 0 Å². The highest BCUT2D eigenvalue weighted by Gasteiger charge is 2.26. The van der Waals surface area contributed by atoms with Crippen molar-refractivity contribution in [1.29, 1.82) is 0 Å². The summed E-state index contributed by atoms with van der Waals surface area (Å²) in [6.45, 7) is 4.95. The summed E-state index contributed by atoms with van der Waals surface area (Å²) < 4.78 is 4.92. The van der Waals surface area contributed by atoms with Gasteiger partial charge in [0.2, 0.25) is 0 Å². The highest BCUT2D eigenvalue weighted by molar-refractivity contribution is 5.67. The minimum Gasteiger partial charge on any atom is -0.450 e. The molecule has 4 heteroatoms. The molecule has 1 fully saturated rings. The molecule has 1 unspecified atom stereocenters. The topological polar surface area (TPSA) is 41.6 Å². The average molecular weight is 186 g/mol. The lowest BCUT2D eigenvalue weighted by Gasteiger charge is -2.15. The number of hydrogen-bond donors (Lipinski definition) is 1. The van der Waals surface area contributed by atoms with Gasteiger partial charge in [0.25, 0.3) is 0 Å². The second-order valence-electron chi connectivity index (χ2n) is 3.36. The van der Waals surface area contributed by atoms with Gasteiger partial charge in [0.15, 0.2) is 0 Å². The summed E-state index contributed by atoms with van der Waals surface area (Å²) in [6, 6.07) is 0. The van der Waals surface area contributed by atoms with Crippen LogP contribution in [-0.2, 0) is 4.74 Å². The van der Waals surface area contributed by atoms with E-state index in [2.05, 4.69) is 5.32 Å². The van der Waals surface area contributed by atoms with Crippen LogP contribution in [0.15, 0.2) is 0 Å². The van der Waals surface area contributed by atoms with E-state index in [1.165, 1.54) is 0 Å². The Balaban J connectivity index is 2.27. The summed E-state index contributed by atoms with van der Waals surface area (Å²) in [7, 11) is 1.94. The van der Waals surface area contributed by atoms with Crippen LogP contribution in [0.3, 0.4) is 0 Å². The first-order valence-electron chi connectivity index (χ1n) is 4.84. The molecule has 1 amide bonds. The van der Waals surface area contributed by atoms with Crippen LogP contribution in [0.5, 0.6) is 0 Å². The monoisotopic (exact) mass is 186 g/mol. The van der Waals surface area contributed by atoms with Gasteiger partial charge in [-0.05, 0) is 32.9 Å². The van der Waals surface area contributed by atoms with Crippen molar-refractivity contribution in [1.82, 2.24) is 10.2 Å². The fourth-order valence-electron chi connectivity index (χ4n) is 1.67. The van der Waals surface area contributed by atoms with Crippen LogP contribution in [0, 0.1) is 5.92 Å². The van der Waals surface area contributed by atoms with E-state index in [-0.39, 0.29) is 6.09 Å². The molecule has 0 saturated carbocycles. The Bertz CT molecular complexity index is 173. The fraction of sp³-hybridized carbons (Fsp3) is 0.889. The van der Waals surface area contributed by atoms with E-state index in [9.17, 15) is 4.79 Å². The Kier molecular flexibility index (Phi) is 4.02. The molecular formula is C9H18N2O2. The minimum absolute atomic E-state index is 0.166. The summed E-state index contributed by atoms with van der Waals surface area (Å²) in [6.07, 6.45) is 0.917. The van der Waals surface area contributed by atoms with Gasteiger partial charge in [0.05, 0.1) is 6.61 Å². The quantitative estimate of drug-likeness (QED) is 0.705. The third kappa shape index (κ3) is 2.88. The highest BCUT2D eigenvalue weighted by atomic mass is 16.6. The van der Waals surface area contributed by atoms with E-state index in [1.54, 1.807) is 4.90 Å². The fourth-order valence-corrected chi connectivity index (χ4v) is 1.67. The van der Waals surface area contributed by atoms with Crippen LogP contribution in [0.4, 0.5) is 4.79 Å². The zero-order chi connectivity index (χ0) is 9.68. The lowest BCUT2D eigenvalue weighted by atomic mass is 10.1. The molecule has 1 heterocycles. The molecule has 0 spiro atoms. The molecule has 0 radical (unpaired) electrons. The Hall–Kier alpha value is -0.770. The molecule has 0 aromatic carbocycles. The zero-order valence-electron chi connectivity index (χ0n) is 8.38. The van der Waals surface area contributed by atoms with Crippen molar-refractivity contribution >= 4 is 6.09 Å². The number of amides is 1. The molecule has 1 aliphatic rings. The van der Waals surface area contributed by atoms with Crippen molar-refractivity contribution in [2.45, 2.75) is 13.3 Å². The predicted molar refractivity (Wildman–Crippen MR) is 50.6 cm³/mol. The number of nitrogens with one attached hydrogen (secondary N) is 1. The van der Waals surface area contributed by atoms with Crippen molar-refractivity contribution in [2.24, 2.45) is 5.92 Å². The van der Waals surface area contributed by atoms with E-state index in [1.807, 2.05) is 14.0 Å². The van der Waals surface area contributed by atoms with Crippen LogP contribution in [0.25, 0.3) is 0 Å². The summed E-state index contributed by atoms with van der Waals surface area (Å²) in [5, 5.41) is 3.12. The van der Waals surface area contributed by atoms with Gasteiger partial charge < -0.3 is 15.0 Å².